The Morgan fingerprint density at radius 2 is 1.85 bits per heavy atom. The zero-order chi connectivity index (χ0) is 19.1. The number of aliphatic hydroxyl groups is 4. The summed E-state index contributed by atoms with van der Waals surface area (Å²) in [7, 11) is 0. The summed E-state index contributed by atoms with van der Waals surface area (Å²) in [5.41, 5.74) is 2.15. The normalized spacial score (nSPS) is 30.0. The molecule has 4 N–H and O–H groups in total. The van der Waals surface area contributed by atoms with Crippen LogP contribution in [-0.2, 0) is 11.3 Å². The second-order valence-electron chi connectivity index (χ2n) is 6.64. The first-order valence-corrected chi connectivity index (χ1v) is 8.63. The van der Waals surface area contributed by atoms with E-state index in [0.717, 1.165) is 5.56 Å². The largest absolute Gasteiger partial charge is 0.394 e. The van der Waals surface area contributed by atoms with E-state index in [2.05, 4.69) is 15.4 Å². The van der Waals surface area contributed by atoms with E-state index >= 15 is 0 Å². The fraction of sp³-hybridized carbons (Fsp3) is 0.471. The summed E-state index contributed by atoms with van der Waals surface area (Å²) < 4.78 is 6.87. The van der Waals surface area contributed by atoms with Crippen molar-refractivity contribution in [2.24, 2.45) is 10.3 Å². The van der Waals surface area contributed by atoms with Crippen molar-refractivity contribution >= 4 is 5.69 Å². The molecule has 4 rings (SSSR count). The number of ether oxygens (including phenoxy) is 1. The monoisotopic (exact) mass is 375 g/mol. The highest BCUT2D eigenvalue weighted by molar-refractivity contribution is 5.48. The van der Waals surface area contributed by atoms with E-state index < -0.39 is 37.4 Å². The van der Waals surface area contributed by atoms with E-state index in [1.165, 1.54) is 9.69 Å². The molecule has 0 amide bonds. The zero-order valence-electron chi connectivity index (χ0n) is 14.6. The quantitative estimate of drug-likeness (QED) is 0.604. The molecule has 5 atom stereocenters. The Bertz CT molecular complexity index is 842. The lowest BCUT2D eigenvalue weighted by atomic mass is 10.1. The molecular weight excluding hydrogens is 354 g/mol. The molecule has 2 aromatic rings. The summed E-state index contributed by atoms with van der Waals surface area (Å²) in [6.07, 6.45) is -5.73. The summed E-state index contributed by atoms with van der Waals surface area (Å²) in [5.74, 6) is 0. The fourth-order valence-electron chi connectivity index (χ4n) is 3.38. The molecule has 1 saturated heterocycles. The van der Waals surface area contributed by atoms with Crippen molar-refractivity contribution in [2.75, 3.05) is 6.61 Å². The molecule has 1 aromatic carbocycles. The van der Waals surface area contributed by atoms with E-state index in [0.29, 0.717) is 23.6 Å². The Morgan fingerprint density at radius 3 is 2.52 bits per heavy atom. The molecule has 27 heavy (non-hydrogen) atoms. The van der Waals surface area contributed by atoms with Crippen LogP contribution in [-0.4, -0.2) is 60.1 Å². The number of aryl methyl sites for hydroxylation is 1. The molecule has 2 unspecified atom stereocenters. The van der Waals surface area contributed by atoms with Crippen LogP contribution < -0.4 is 0 Å². The molecule has 0 aliphatic carbocycles. The van der Waals surface area contributed by atoms with Crippen LogP contribution in [0.2, 0.25) is 0 Å². The maximum Gasteiger partial charge on any atom is 0.189 e. The van der Waals surface area contributed by atoms with Crippen molar-refractivity contribution in [3.05, 3.63) is 47.3 Å². The van der Waals surface area contributed by atoms with Crippen molar-refractivity contribution in [3.63, 3.8) is 0 Å². The standard InChI is InChI=1S/C17H21N5O5/c1-9-12-13(22(19-9)17-15(25)14(24)11(8-23)27-17)16(26)21(20-18-12)7-10-5-3-2-4-6-10/h2-6,11,14-17,23-26H,7-8H2,1H3/t11-,14-,15-,16?,17?/m1/s1. The van der Waals surface area contributed by atoms with Gasteiger partial charge in [0, 0.05) is 0 Å². The molecule has 10 heteroatoms. The van der Waals surface area contributed by atoms with Gasteiger partial charge in [0.05, 0.1) is 18.8 Å². The van der Waals surface area contributed by atoms with Gasteiger partial charge in [-0.05, 0) is 12.5 Å². The molecule has 0 saturated carbocycles. The van der Waals surface area contributed by atoms with Crippen molar-refractivity contribution in [3.8, 4) is 0 Å². The average molecular weight is 375 g/mol. The average Bonchev–Trinajstić information content (AvgIpc) is 3.16. The predicted molar refractivity (Wildman–Crippen MR) is 91.4 cm³/mol. The predicted octanol–water partition coefficient (Wildman–Crippen LogP) is 0.308. The third kappa shape index (κ3) is 3.01. The second-order valence-corrected chi connectivity index (χ2v) is 6.64. The Morgan fingerprint density at radius 1 is 1.11 bits per heavy atom. The van der Waals surface area contributed by atoms with Gasteiger partial charge in [0.2, 0.25) is 0 Å². The van der Waals surface area contributed by atoms with Gasteiger partial charge < -0.3 is 25.2 Å². The minimum absolute atomic E-state index is 0.313. The lowest BCUT2D eigenvalue weighted by Crippen LogP contribution is -2.34. The van der Waals surface area contributed by atoms with Crippen LogP contribution in [0.15, 0.2) is 40.7 Å². The number of rotatable bonds is 4. The van der Waals surface area contributed by atoms with Gasteiger partial charge in [0.15, 0.2) is 12.5 Å². The van der Waals surface area contributed by atoms with Crippen molar-refractivity contribution in [1.82, 2.24) is 14.8 Å². The Hall–Kier alpha value is -2.37. The van der Waals surface area contributed by atoms with Crippen LogP contribution >= 0.6 is 0 Å². The van der Waals surface area contributed by atoms with Gasteiger partial charge in [-0.25, -0.2) is 9.69 Å². The van der Waals surface area contributed by atoms with Crippen LogP contribution in [0.1, 0.15) is 29.4 Å². The summed E-state index contributed by atoms with van der Waals surface area (Å²) in [5, 5.41) is 54.5. The second kappa shape index (κ2) is 6.98. The minimum Gasteiger partial charge on any atom is -0.394 e. The van der Waals surface area contributed by atoms with Crippen LogP contribution in [0.5, 0.6) is 0 Å². The number of hydrogen-bond acceptors (Lipinski definition) is 9. The van der Waals surface area contributed by atoms with Gasteiger partial charge in [-0.15, -0.1) is 5.11 Å². The van der Waals surface area contributed by atoms with Gasteiger partial charge in [0.1, 0.15) is 29.7 Å². The Kier molecular flexibility index (Phi) is 4.66. The molecule has 0 bridgehead atoms. The Labute approximate surface area is 154 Å². The molecule has 144 valence electrons. The molecule has 1 fully saturated rings. The van der Waals surface area contributed by atoms with Gasteiger partial charge >= 0.3 is 0 Å². The summed E-state index contributed by atoms with van der Waals surface area (Å²) in [4.78, 5) is 0. The maximum absolute atomic E-state index is 10.9. The van der Waals surface area contributed by atoms with Crippen LogP contribution in [0.4, 0.5) is 5.69 Å². The lowest BCUT2D eigenvalue weighted by molar-refractivity contribution is -0.0730. The van der Waals surface area contributed by atoms with E-state index in [-0.39, 0.29) is 0 Å². The van der Waals surface area contributed by atoms with Crippen molar-refractivity contribution < 1.29 is 25.2 Å². The summed E-state index contributed by atoms with van der Waals surface area (Å²) in [6.45, 7) is 1.58. The highest BCUT2D eigenvalue weighted by atomic mass is 16.6. The van der Waals surface area contributed by atoms with Gasteiger partial charge in [-0.3, -0.25) is 0 Å². The molecule has 2 aliphatic heterocycles. The summed E-state index contributed by atoms with van der Waals surface area (Å²) in [6, 6.07) is 9.50. The maximum atomic E-state index is 10.9. The molecule has 2 aliphatic rings. The summed E-state index contributed by atoms with van der Waals surface area (Å²) >= 11 is 0. The van der Waals surface area contributed by atoms with Gasteiger partial charge in [-0.2, -0.15) is 5.10 Å². The van der Waals surface area contributed by atoms with E-state index in [4.69, 9.17) is 4.74 Å². The molecule has 3 heterocycles. The van der Waals surface area contributed by atoms with Gasteiger partial charge in [0.25, 0.3) is 0 Å². The molecule has 0 spiro atoms. The van der Waals surface area contributed by atoms with Crippen LogP contribution in [0, 0.1) is 6.92 Å². The number of aromatic nitrogens is 2. The van der Waals surface area contributed by atoms with E-state index in [1.54, 1.807) is 6.92 Å². The SMILES string of the molecule is Cc1nn(C2O[C@H](CO)[C@@H](O)[C@H]2O)c2c1N=NN(Cc1ccccc1)C2O. The van der Waals surface area contributed by atoms with Crippen molar-refractivity contribution in [1.29, 1.82) is 0 Å². The fourth-order valence-corrected chi connectivity index (χ4v) is 3.38. The third-order valence-electron chi connectivity index (χ3n) is 4.82. The minimum atomic E-state index is -1.31. The lowest BCUT2D eigenvalue weighted by Gasteiger charge is -2.29. The first-order valence-electron chi connectivity index (χ1n) is 8.63. The number of benzene rings is 1. The molecule has 1 aromatic heterocycles. The molecule has 10 nitrogen and oxygen atoms in total. The van der Waals surface area contributed by atoms with Crippen molar-refractivity contribution in [2.45, 2.75) is 44.2 Å². The molecular formula is C17H21N5O5. The van der Waals surface area contributed by atoms with E-state index in [1.807, 2.05) is 30.3 Å². The highest BCUT2D eigenvalue weighted by Crippen LogP contribution is 2.40. The Balaban J connectivity index is 1.66. The topological polar surface area (TPSA) is 136 Å². The number of hydrogen-bond donors (Lipinski definition) is 4. The number of nitrogens with zero attached hydrogens (tertiary/aromatic N) is 5. The van der Waals surface area contributed by atoms with Crippen LogP contribution in [0.25, 0.3) is 0 Å². The number of fused-ring (bicyclic) bond motifs is 1. The zero-order valence-corrected chi connectivity index (χ0v) is 14.6. The first-order chi connectivity index (χ1) is 13.0. The van der Waals surface area contributed by atoms with Crippen LogP contribution in [0.3, 0.4) is 0 Å². The highest BCUT2D eigenvalue weighted by Gasteiger charge is 2.46. The van der Waals surface area contributed by atoms with E-state index in [9.17, 15) is 20.4 Å². The smallest absolute Gasteiger partial charge is 0.189 e. The number of aliphatic hydroxyl groups excluding tert-OH is 4. The first kappa shape index (κ1) is 18.0. The van der Waals surface area contributed by atoms with Gasteiger partial charge in [-0.1, -0.05) is 35.6 Å². The molecule has 0 radical (unpaired) electrons. The third-order valence-corrected chi connectivity index (χ3v) is 4.82.